The minimum absolute atomic E-state index is 0.233. The lowest BCUT2D eigenvalue weighted by molar-refractivity contribution is 0.372. The minimum Gasteiger partial charge on any atom is -0.497 e. The van der Waals surface area contributed by atoms with E-state index in [1.165, 1.54) is 4.41 Å². The Balaban J connectivity index is 1.53. The van der Waals surface area contributed by atoms with Gasteiger partial charge in [-0.3, -0.25) is 0 Å². The number of para-hydroxylation sites is 1. The Kier molecular flexibility index (Phi) is 6.69. The number of ether oxygens (including phenoxy) is 1. The number of hydrazone groups is 1. The van der Waals surface area contributed by atoms with Crippen molar-refractivity contribution in [1.29, 1.82) is 0 Å². The Hall–Kier alpha value is -4.69. The molecule has 6 rings (SSSR count). The van der Waals surface area contributed by atoms with E-state index in [0.717, 1.165) is 28.1 Å². The fraction of sp³-hybridized carbons (Fsp3) is 0.125. The molecule has 0 saturated carbocycles. The van der Waals surface area contributed by atoms with Crippen LogP contribution in [0.15, 0.2) is 125 Å². The first kappa shape index (κ1) is 25.6. The molecule has 1 aromatic heterocycles. The molecule has 1 atom stereocenters. The maximum Gasteiger partial charge on any atom is 0.279 e. The maximum absolute atomic E-state index is 14.2. The average molecular weight is 549 g/mol. The summed E-state index contributed by atoms with van der Waals surface area (Å²) in [6.45, 7) is 1.80. The Morgan fingerprint density at radius 3 is 2.12 bits per heavy atom. The fourth-order valence-corrected chi connectivity index (χ4v) is 6.67. The number of aryl methyl sites for hydroxylation is 1. The molecule has 1 aliphatic heterocycles. The molecule has 4 aromatic carbocycles. The summed E-state index contributed by atoms with van der Waals surface area (Å²) in [5.74, 6) is 0.721. The zero-order valence-electron chi connectivity index (χ0n) is 22.2. The molecule has 7 nitrogen and oxygen atoms in total. The van der Waals surface area contributed by atoms with E-state index in [9.17, 15) is 8.42 Å². The third kappa shape index (κ3) is 4.67. The third-order valence-electron chi connectivity index (χ3n) is 7.08. The molecule has 5 aromatic rings. The van der Waals surface area contributed by atoms with Crippen LogP contribution in [-0.4, -0.2) is 35.4 Å². The predicted molar refractivity (Wildman–Crippen MR) is 156 cm³/mol. The summed E-state index contributed by atoms with van der Waals surface area (Å²) in [7, 11) is -2.38. The first-order valence-corrected chi connectivity index (χ1v) is 14.4. The van der Waals surface area contributed by atoms with Crippen molar-refractivity contribution in [3.8, 4) is 22.7 Å². The van der Waals surface area contributed by atoms with E-state index in [1.54, 1.807) is 32.2 Å². The second-order valence-electron chi connectivity index (χ2n) is 9.62. The number of hydrogen-bond acceptors (Lipinski definition) is 5. The van der Waals surface area contributed by atoms with Crippen molar-refractivity contribution in [1.82, 2.24) is 14.2 Å². The number of methoxy groups -OCH3 is 1. The molecule has 1 unspecified atom stereocenters. The smallest absolute Gasteiger partial charge is 0.279 e. The van der Waals surface area contributed by atoms with Crippen LogP contribution in [0.4, 0.5) is 0 Å². The van der Waals surface area contributed by atoms with E-state index in [0.29, 0.717) is 23.4 Å². The van der Waals surface area contributed by atoms with Crippen molar-refractivity contribution in [2.24, 2.45) is 5.10 Å². The first-order valence-electron chi connectivity index (χ1n) is 13.0. The third-order valence-corrected chi connectivity index (χ3v) is 8.93. The number of benzene rings is 4. The molecule has 0 amide bonds. The van der Waals surface area contributed by atoms with Crippen LogP contribution < -0.4 is 4.74 Å². The Morgan fingerprint density at radius 2 is 1.45 bits per heavy atom. The van der Waals surface area contributed by atoms with Gasteiger partial charge in [0.25, 0.3) is 10.0 Å². The number of hydrogen-bond donors (Lipinski definition) is 0. The van der Waals surface area contributed by atoms with Crippen LogP contribution in [0.2, 0.25) is 0 Å². The van der Waals surface area contributed by atoms with Gasteiger partial charge in [0.1, 0.15) is 5.75 Å². The van der Waals surface area contributed by atoms with Gasteiger partial charge in [-0.25, -0.2) is 4.68 Å². The molecule has 200 valence electrons. The van der Waals surface area contributed by atoms with Crippen LogP contribution in [0.5, 0.6) is 5.75 Å². The summed E-state index contributed by atoms with van der Waals surface area (Å²) in [5, 5.41) is 9.71. The largest absolute Gasteiger partial charge is 0.497 e. The summed E-state index contributed by atoms with van der Waals surface area (Å²) in [4.78, 5) is 0.233. The Bertz CT molecular complexity index is 1780. The molecule has 2 heterocycles. The van der Waals surface area contributed by atoms with Crippen LogP contribution >= 0.6 is 0 Å². The second-order valence-corrected chi connectivity index (χ2v) is 11.4. The molecule has 0 radical (unpaired) electrons. The van der Waals surface area contributed by atoms with Crippen LogP contribution in [0.25, 0.3) is 16.9 Å². The van der Waals surface area contributed by atoms with E-state index >= 15 is 0 Å². The van der Waals surface area contributed by atoms with Gasteiger partial charge in [0.05, 0.1) is 35.1 Å². The highest BCUT2D eigenvalue weighted by Crippen LogP contribution is 2.41. The maximum atomic E-state index is 14.2. The lowest BCUT2D eigenvalue weighted by Gasteiger charge is -2.24. The Labute approximate surface area is 234 Å². The highest BCUT2D eigenvalue weighted by molar-refractivity contribution is 7.89. The molecular formula is C32H28N4O3S. The monoisotopic (exact) mass is 548 g/mol. The lowest BCUT2D eigenvalue weighted by atomic mass is 9.97. The standard InChI is InChI=1S/C32H28N4O3S/c1-23-11-9-10-16-31(23)40(37,38)36-30(21-29(33-36)24-17-19-27(39-2)20-18-24)28-22-35(26-14-7-4-8-15-26)34-32(28)25-12-5-3-6-13-25/h3-20,22,30H,21H2,1-2H3. The van der Waals surface area contributed by atoms with Gasteiger partial charge >= 0.3 is 0 Å². The van der Waals surface area contributed by atoms with Crippen molar-refractivity contribution >= 4 is 15.7 Å². The molecule has 8 heteroatoms. The molecule has 40 heavy (non-hydrogen) atoms. The minimum atomic E-state index is -3.99. The van der Waals surface area contributed by atoms with Crippen LogP contribution in [0.3, 0.4) is 0 Å². The number of aromatic nitrogens is 2. The van der Waals surface area contributed by atoms with Crippen LogP contribution in [0, 0.1) is 6.92 Å². The molecule has 0 saturated heterocycles. The molecule has 0 aliphatic carbocycles. The van der Waals surface area contributed by atoms with E-state index in [4.69, 9.17) is 14.9 Å². The highest BCUT2D eigenvalue weighted by Gasteiger charge is 2.40. The van der Waals surface area contributed by atoms with Gasteiger partial charge in [-0.1, -0.05) is 66.7 Å². The van der Waals surface area contributed by atoms with E-state index in [1.807, 2.05) is 102 Å². The van der Waals surface area contributed by atoms with Gasteiger partial charge in [0.15, 0.2) is 0 Å². The van der Waals surface area contributed by atoms with Crippen molar-refractivity contribution in [2.45, 2.75) is 24.3 Å². The molecule has 0 N–H and O–H groups in total. The second kappa shape index (κ2) is 10.5. The van der Waals surface area contributed by atoms with E-state index < -0.39 is 16.1 Å². The topological polar surface area (TPSA) is 76.8 Å². The van der Waals surface area contributed by atoms with Crippen molar-refractivity contribution in [3.63, 3.8) is 0 Å². The molecule has 1 aliphatic rings. The van der Waals surface area contributed by atoms with Gasteiger partial charge in [0.2, 0.25) is 0 Å². The fourth-order valence-electron chi connectivity index (χ4n) is 5.01. The molecule has 0 spiro atoms. The van der Waals surface area contributed by atoms with Gasteiger partial charge in [-0.2, -0.15) is 23.0 Å². The summed E-state index contributed by atoms with van der Waals surface area (Å²) in [6.07, 6.45) is 2.31. The lowest BCUT2D eigenvalue weighted by Crippen LogP contribution is -2.28. The van der Waals surface area contributed by atoms with Gasteiger partial charge in [-0.15, -0.1) is 0 Å². The van der Waals surface area contributed by atoms with Crippen molar-refractivity contribution in [2.75, 3.05) is 7.11 Å². The summed E-state index contributed by atoms with van der Waals surface area (Å²) >= 11 is 0. The van der Waals surface area contributed by atoms with Crippen LogP contribution in [-0.2, 0) is 10.0 Å². The molecular weight excluding hydrogens is 520 g/mol. The summed E-state index contributed by atoms with van der Waals surface area (Å²) in [6, 6.07) is 33.6. The Morgan fingerprint density at radius 1 is 0.800 bits per heavy atom. The number of sulfonamides is 1. The normalized spacial score (nSPS) is 15.2. The van der Waals surface area contributed by atoms with E-state index in [2.05, 4.69) is 0 Å². The van der Waals surface area contributed by atoms with Gasteiger partial charge in [0, 0.05) is 23.7 Å². The average Bonchev–Trinajstić information content (AvgIpc) is 3.64. The van der Waals surface area contributed by atoms with E-state index in [-0.39, 0.29) is 4.90 Å². The zero-order valence-corrected chi connectivity index (χ0v) is 23.0. The molecule has 0 fully saturated rings. The predicted octanol–water partition coefficient (Wildman–Crippen LogP) is 6.40. The summed E-state index contributed by atoms with van der Waals surface area (Å²) in [5.41, 5.74) is 5.45. The first-order chi connectivity index (χ1) is 19.5. The SMILES string of the molecule is COc1ccc(C2=NN(S(=O)(=O)c3ccccc3C)C(c3cn(-c4ccccc4)nc3-c3ccccc3)C2)cc1. The van der Waals surface area contributed by atoms with Crippen molar-refractivity contribution < 1.29 is 13.2 Å². The quantitative estimate of drug-likeness (QED) is 0.236. The van der Waals surface area contributed by atoms with Crippen LogP contribution in [0.1, 0.15) is 29.2 Å². The molecule has 0 bridgehead atoms. The summed E-state index contributed by atoms with van der Waals surface area (Å²) < 4.78 is 36.8. The number of nitrogens with zero attached hydrogens (tertiary/aromatic N) is 4. The van der Waals surface area contributed by atoms with Gasteiger partial charge in [-0.05, 0) is 60.5 Å². The van der Waals surface area contributed by atoms with Crippen molar-refractivity contribution in [3.05, 3.63) is 132 Å². The number of rotatable bonds is 7. The van der Waals surface area contributed by atoms with Gasteiger partial charge < -0.3 is 4.74 Å². The highest BCUT2D eigenvalue weighted by atomic mass is 32.2. The zero-order chi connectivity index (χ0) is 27.7.